The Morgan fingerprint density at radius 1 is 0.976 bits per heavy atom. The van der Waals surface area contributed by atoms with E-state index in [2.05, 4.69) is 5.32 Å². The first-order chi connectivity index (χ1) is 20.1. The molecule has 1 aromatic heterocycles. The van der Waals surface area contributed by atoms with Gasteiger partial charge in [0.15, 0.2) is 18.2 Å². The molecule has 41 heavy (non-hydrogen) atoms. The molecule has 4 heterocycles. The van der Waals surface area contributed by atoms with Crippen LogP contribution in [0.25, 0.3) is 6.08 Å². The van der Waals surface area contributed by atoms with Gasteiger partial charge in [-0.1, -0.05) is 60.7 Å². The Labute approximate surface area is 240 Å². The van der Waals surface area contributed by atoms with Crippen LogP contribution in [0.15, 0.2) is 96.5 Å². The number of nitrogens with zero attached hydrogens (tertiary/aromatic N) is 2. The quantitative estimate of drug-likeness (QED) is 0.309. The van der Waals surface area contributed by atoms with Crippen LogP contribution < -0.4 is 10.1 Å². The number of nitriles is 1. The fourth-order valence-corrected chi connectivity index (χ4v) is 7.51. The standard InChI is InChI=1S/C33H23N3O4S/c34-16-18-40-25-13-6-3-10-22(25)29(37)28-27(30(38)26-14-7-19-41-26)33(23-11-4-5-12-24(23)35-32(33)39)31-21-9-2-1-8-20(21)15-17-36(28)31/h1-15,17,19,27-28,31H,18H2,(H,35,39)/t27-,28-,31+,33+/m0/s1. The summed E-state index contributed by atoms with van der Waals surface area (Å²) in [4.78, 5) is 46.2. The highest BCUT2D eigenvalue weighted by atomic mass is 32.1. The molecule has 0 bridgehead atoms. The van der Waals surface area contributed by atoms with Crippen molar-refractivity contribution < 1.29 is 19.1 Å². The summed E-state index contributed by atoms with van der Waals surface area (Å²) in [6.07, 6.45) is 3.76. The monoisotopic (exact) mass is 557 g/mol. The van der Waals surface area contributed by atoms with Crippen molar-refractivity contribution in [3.8, 4) is 11.8 Å². The van der Waals surface area contributed by atoms with Crippen LogP contribution in [0.3, 0.4) is 0 Å². The number of fused-ring (bicyclic) bond motifs is 6. The zero-order chi connectivity index (χ0) is 28.1. The maximum absolute atomic E-state index is 14.7. The van der Waals surface area contributed by atoms with Crippen molar-refractivity contribution in [2.24, 2.45) is 5.92 Å². The smallest absolute Gasteiger partial charge is 0.238 e. The fraction of sp³-hybridized carbons (Fsp3) is 0.152. The van der Waals surface area contributed by atoms with E-state index in [-0.39, 0.29) is 35.4 Å². The molecule has 1 amide bonds. The van der Waals surface area contributed by atoms with Crippen molar-refractivity contribution in [3.05, 3.63) is 124 Å². The summed E-state index contributed by atoms with van der Waals surface area (Å²) >= 11 is 1.30. The SMILES string of the molecule is N#CCOc1ccccc1C(=O)[C@@H]1[C@@H](C(=O)c2cccs2)[C@@]2(C(=O)Nc3ccccc32)[C@H]2c3ccccc3C=CN12. The summed E-state index contributed by atoms with van der Waals surface area (Å²) in [5.41, 5.74) is 2.00. The minimum atomic E-state index is -1.39. The van der Waals surface area contributed by atoms with Gasteiger partial charge < -0.3 is 15.0 Å². The molecule has 8 heteroatoms. The summed E-state index contributed by atoms with van der Waals surface area (Å²) in [5, 5.41) is 14.0. The number of Topliss-reactive ketones (excluding diaryl/α,β-unsaturated/α-hetero) is 2. The molecule has 3 aliphatic rings. The Hall–Kier alpha value is -5.00. The number of anilines is 1. The lowest BCUT2D eigenvalue weighted by Gasteiger charge is -2.38. The van der Waals surface area contributed by atoms with Gasteiger partial charge in [-0.2, -0.15) is 5.26 Å². The van der Waals surface area contributed by atoms with Crippen LogP contribution in [0.1, 0.15) is 42.8 Å². The number of nitrogens with one attached hydrogen (secondary N) is 1. The zero-order valence-electron chi connectivity index (χ0n) is 21.7. The molecule has 7 nitrogen and oxygen atoms in total. The average Bonchev–Trinajstić information content (AvgIpc) is 3.72. The third kappa shape index (κ3) is 3.52. The number of carbonyl (C=O) groups excluding carboxylic acids is 3. The van der Waals surface area contributed by atoms with Crippen LogP contribution in [-0.2, 0) is 10.2 Å². The number of ether oxygens (including phenoxy) is 1. The minimum Gasteiger partial charge on any atom is -0.478 e. The van der Waals surface area contributed by atoms with Gasteiger partial charge in [-0.25, -0.2) is 0 Å². The van der Waals surface area contributed by atoms with Crippen molar-refractivity contribution in [3.63, 3.8) is 0 Å². The minimum absolute atomic E-state index is 0.230. The van der Waals surface area contributed by atoms with E-state index >= 15 is 0 Å². The van der Waals surface area contributed by atoms with Crippen LogP contribution in [-0.4, -0.2) is 35.0 Å². The molecular weight excluding hydrogens is 534 g/mol. The number of ketones is 2. The van der Waals surface area contributed by atoms with Crippen molar-refractivity contribution >= 4 is 40.6 Å². The van der Waals surface area contributed by atoms with Crippen molar-refractivity contribution in [1.82, 2.24) is 4.90 Å². The first kappa shape index (κ1) is 25.0. The largest absolute Gasteiger partial charge is 0.478 e. The molecule has 0 aliphatic carbocycles. The summed E-state index contributed by atoms with van der Waals surface area (Å²) < 4.78 is 5.64. The van der Waals surface area contributed by atoms with E-state index in [4.69, 9.17) is 10.00 Å². The van der Waals surface area contributed by atoms with E-state index in [1.807, 2.05) is 77.2 Å². The lowest BCUT2D eigenvalue weighted by Crippen LogP contribution is -2.49. The summed E-state index contributed by atoms with van der Waals surface area (Å²) in [5.74, 6) is -1.71. The van der Waals surface area contributed by atoms with E-state index in [0.717, 1.165) is 11.1 Å². The van der Waals surface area contributed by atoms with E-state index in [9.17, 15) is 14.4 Å². The molecule has 1 saturated heterocycles. The van der Waals surface area contributed by atoms with E-state index in [1.54, 1.807) is 36.4 Å². The Morgan fingerprint density at radius 2 is 1.76 bits per heavy atom. The van der Waals surface area contributed by atoms with Crippen LogP contribution in [0.4, 0.5) is 5.69 Å². The van der Waals surface area contributed by atoms with Gasteiger partial charge in [-0.05, 0) is 52.4 Å². The third-order valence-corrected chi connectivity index (χ3v) is 9.21. The second-order valence-electron chi connectivity index (χ2n) is 10.2. The predicted octanol–water partition coefficient (Wildman–Crippen LogP) is 5.63. The lowest BCUT2D eigenvalue weighted by atomic mass is 9.63. The molecule has 200 valence electrons. The number of thiophene rings is 1. The molecule has 3 aliphatic heterocycles. The van der Waals surface area contributed by atoms with Crippen molar-refractivity contribution in [2.45, 2.75) is 17.5 Å². The Kier molecular flexibility index (Phi) is 5.84. The normalized spacial score (nSPS) is 23.3. The molecule has 1 N–H and O–H groups in total. The molecule has 7 rings (SSSR count). The molecular formula is C33H23N3O4S. The van der Waals surface area contributed by atoms with E-state index in [0.29, 0.717) is 16.1 Å². The Bertz CT molecular complexity index is 1790. The highest BCUT2D eigenvalue weighted by Crippen LogP contribution is 2.62. The summed E-state index contributed by atoms with van der Waals surface area (Å²) in [7, 11) is 0. The third-order valence-electron chi connectivity index (χ3n) is 8.33. The summed E-state index contributed by atoms with van der Waals surface area (Å²) in [6, 6.07) is 25.8. The van der Waals surface area contributed by atoms with Gasteiger partial charge in [-0.15, -0.1) is 11.3 Å². The van der Waals surface area contributed by atoms with Crippen molar-refractivity contribution in [1.29, 1.82) is 5.26 Å². The number of rotatable bonds is 6. The average molecular weight is 558 g/mol. The van der Waals surface area contributed by atoms with Gasteiger partial charge in [0, 0.05) is 11.9 Å². The predicted molar refractivity (Wildman–Crippen MR) is 155 cm³/mol. The van der Waals surface area contributed by atoms with Gasteiger partial charge in [0.25, 0.3) is 0 Å². The zero-order valence-corrected chi connectivity index (χ0v) is 22.5. The highest BCUT2D eigenvalue weighted by Gasteiger charge is 2.71. The fourth-order valence-electron chi connectivity index (χ4n) is 6.81. The van der Waals surface area contributed by atoms with Crippen molar-refractivity contribution in [2.75, 3.05) is 11.9 Å². The Morgan fingerprint density at radius 3 is 2.59 bits per heavy atom. The lowest BCUT2D eigenvalue weighted by molar-refractivity contribution is -0.122. The van der Waals surface area contributed by atoms with Gasteiger partial charge in [0.05, 0.1) is 22.4 Å². The first-order valence-electron chi connectivity index (χ1n) is 13.2. The molecule has 4 aromatic rings. The van der Waals surface area contributed by atoms with Crippen LogP contribution >= 0.6 is 11.3 Å². The number of hydrogen-bond acceptors (Lipinski definition) is 7. The maximum atomic E-state index is 14.7. The molecule has 3 aromatic carbocycles. The van der Waals surface area contributed by atoms with Gasteiger partial charge in [0.2, 0.25) is 5.91 Å². The van der Waals surface area contributed by atoms with Gasteiger partial charge in [0.1, 0.15) is 23.3 Å². The molecule has 0 saturated carbocycles. The number of hydrogen-bond donors (Lipinski definition) is 1. The number of carbonyl (C=O) groups is 3. The van der Waals surface area contributed by atoms with E-state index < -0.39 is 23.4 Å². The summed E-state index contributed by atoms with van der Waals surface area (Å²) in [6.45, 7) is -0.230. The van der Waals surface area contributed by atoms with Crippen LogP contribution in [0.2, 0.25) is 0 Å². The Balaban J connectivity index is 1.52. The van der Waals surface area contributed by atoms with Crippen LogP contribution in [0.5, 0.6) is 5.75 Å². The van der Waals surface area contributed by atoms with E-state index in [1.165, 1.54) is 11.3 Å². The second-order valence-corrected chi connectivity index (χ2v) is 11.2. The molecule has 1 fully saturated rings. The maximum Gasteiger partial charge on any atom is 0.238 e. The van der Waals surface area contributed by atoms with Gasteiger partial charge in [-0.3, -0.25) is 14.4 Å². The second kappa shape index (κ2) is 9.58. The number of para-hydroxylation sites is 2. The molecule has 4 atom stereocenters. The topological polar surface area (TPSA) is 99.5 Å². The first-order valence-corrected chi connectivity index (χ1v) is 14.1. The number of amides is 1. The molecule has 0 unspecified atom stereocenters. The number of benzene rings is 3. The van der Waals surface area contributed by atoms with Crippen LogP contribution in [0, 0.1) is 17.2 Å². The van der Waals surface area contributed by atoms with Gasteiger partial charge >= 0.3 is 0 Å². The highest BCUT2D eigenvalue weighted by molar-refractivity contribution is 7.12. The molecule has 1 spiro atoms. The molecule has 0 radical (unpaired) electrons.